The molecule has 0 radical (unpaired) electrons. The Labute approximate surface area is 153 Å². The van der Waals surface area contributed by atoms with Crippen LogP contribution in [0.1, 0.15) is 37.0 Å². The molecule has 0 aliphatic heterocycles. The lowest BCUT2D eigenvalue weighted by atomic mass is 10.1. The van der Waals surface area contributed by atoms with Crippen LogP contribution >= 0.6 is 11.6 Å². The van der Waals surface area contributed by atoms with Crippen LogP contribution in [0.15, 0.2) is 47.6 Å². The highest BCUT2D eigenvalue weighted by molar-refractivity contribution is 6.30. The Morgan fingerprint density at radius 2 is 1.92 bits per heavy atom. The van der Waals surface area contributed by atoms with Gasteiger partial charge in [0.2, 0.25) is 0 Å². The molecule has 1 amide bonds. The van der Waals surface area contributed by atoms with E-state index in [0.717, 1.165) is 29.7 Å². The van der Waals surface area contributed by atoms with Gasteiger partial charge in [0.15, 0.2) is 6.61 Å². The molecule has 0 bridgehead atoms. The Hall–Kier alpha value is -2.33. The van der Waals surface area contributed by atoms with Crippen LogP contribution in [0.3, 0.4) is 0 Å². The van der Waals surface area contributed by atoms with Gasteiger partial charge in [0.05, 0.1) is 5.71 Å². The monoisotopic (exact) mass is 358 g/mol. The van der Waals surface area contributed by atoms with Crippen LogP contribution in [0.4, 0.5) is 0 Å². The molecule has 0 aliphatic rings. The van der Waals surface area contributed by atoms with E-state index in [1.54, 1.807) is 18.2 Å². The molecule has 1 N–H and O–H groups in total. The zero-order valence-electron chi connectivity index (χ0n) is 14.8. The molecule has 0 heterocycles. The molecule has 0 aromatic heterocycles. The van der Waals surface area contributed by atoms with Crippen LogP contribution in [0, 0.1) is 6.92 Å². The van der Waals surface area contributed by atoms with Crippen molar-refractivity contribution in [1.29, 1.82) is 0 Å². The number of nitrogens with zero attached hydrogens (tertiary/aromatic N) is 1. The van der Waals surface area contributed by atoms with E-state index in [0.29, 0.717) is 10.8 Å². The quantitative estimate of drug-likeness (QED) is 0.584. The normalized spacial score (nSPS) is 11.3. The number of aryl methyl sites for hydroxylation is 2. The highest BCUT2D eigenvalue weighted by Gasteiger charge is 2.05. The van der Waals surface area contributed by atoms with Gasteiger partial charge in [0, 0.05) is 5.02 Å². The number of hydrogen-bond donors (Lipinski definition) is 1. The first-order chi connectivity index (χ1) is 12.0. The second-order valence-corrected chi connectivity index (χ2v) is 6.31. The SMILES string of the molecule is CCCc1ccc(C(C)=NNC(=O)COc2ccc(Cl)cc2C)cc1. The molecular formula is C20H23ClN2O2. The van der Waals surface area contributed by atoms with Crippen molar-refractivity contribution in [3.8, 4) is 5.75 Å². The Bertz CT molecular complexity index is 755. The van der Waals surface area contributed by atoms with Crippen molar-refractivity contribution in [1.82, 2.24) is 5.43 Å². The van der Waals surface area contributed by atoms with Crippen molar-refractivity contribution in [2.75, 3.05) is 6.61 Å². The minimum atomic E-state index is -0.309. The predicted octanol–water partition coefficient (Wildman–Crippen LogP) is 4.52. The molecule has 0 saturated carbocycles. The number of amides is 1. The summed E-state index contributed by atoms with van der Waals surface area (Å²) in [7, 11) is 0. The van der Waals surface area contributed by atoms with Gasteiger partial charge in [0.1, 0.15) is 5.75 Å². The fourth-order valence-corrected chi connectivity index (χ4v) is 2.59. The van der Waals surface area contributed by atoms with E-state index in [1.807, 2.05) is 26.0 Å². The third-order valence-electron chi connectivity index (χ3n) is 3.75. The van der Waals surface area contributed by atoms with Crippen LogP contribution < -0.4 is 10.2 Å². The number of halogens is 1. The lowest BCUT2D eigenvalue weighted by Gasteiger charge is -2.09. The zero-order valence-corrected chi connectivity index (χ0v) is 15.6. The van der Waals surface area contributed by atoms with Gasteiger partial charge < -0.3 is 4.74 Å². The molecule has 0 atom stereocenters. The Morgan fingerprint density at radius 3 is 2.56 bits per heavy atom. The molecule has 0 spiro atoms. The molecule has 4 nitrogen and oxygen atoms in total. The first-order valence-electron chi connectivity index (χ1n) is 8.31. The van der Waals surface area contributed by atoms with Gasteiger partial charge in [-0.15, -0.1) is 0 Å². The summed E-state index contributed by atoms with van der Waals surface area (Å²) in [5, 5.41) is 4.77. The largest absolute Gasteiger partial charge is 0.483 e. The summed E-state index contributed by atoms with van der Waals surface area (Å²) in [5.41, 5.74) is 6.43. The second-order valence-electron chi connectivity index (χ2n) is 5.88. The zero-order chi connectivity index (χ0) is 18.2. The van der Waals surface area contributed by atoms with Gasteiger partial charge in [-0.3, -0.25) is 4.79 Å². The number of hydrogen-bond acceptors (Lipinski definition) is 3. The summed E-state index contributed by atoms with van der Waals surface area (Å²) in [4.78, 5) is 11.9. The molecule has 0 unspecified atom stereocenters. The van der Waals surface area contributed by atoms with Crippen LogP contribution in [-0.2, 0) is 11.2 Å². The van der Waals surface area contributed by atoms with E-state index >= 15 is 0 Å². The van der Waals surface area contributed by atoms with Crippen molar-refractivity contribution >= 4 is 23.2 Å². The number of rotatable bonds is 7. The third-order valence-corrected chi connectivity index (χ3v) is 3.99. The van der Waals surface area contributed by atoms with Crippen molar-refractivity contribution in [3.63, 3.8) is 0 Å². The van der Waals surface area contributed by atoms with Crippen molar-refractivity contribution < 1.29 is 9.53 Å². The fraction of sp³-hybridized carbons (Fsp3) is 0.300. The maximum atomic E-state index is 11.9. The van der Waals surface area contributed by atoms with Crippen molar-refractivity contribution in [2.24, 2.45) is 5.10 Å². The van der Waals surface area contributed by atoms with E-state index in [4.69, 9.17) is 16.3 Å². The topological polar surface area (TPSA) is 50.7 Å². The van der Waals surface area contributed by atoms with E-state index in [-0.39, 0.29) is 12.5 Å². The third kappa shape index (κ3) is 5.91. The molecule has 132 valence electrons. The summed E-state index contributed by atoms with van der Waals surface area (Å²) >= 11 is 5.90. The maximum Gasteiger partial charge on any atom is 0.277 e. The number of benzene rings is 2. The Balaban J connectivity index is 1.88. The lowest BCUT2D eigenvalue weighted by molar-refractivity contribution is -0.123. The van der Waals surface area contributed by atoms with Crippen LogP contribution in [0.2, 0.25) is 5.02 Å². The summed E-state index contributed by atoms with van der Waals surface area (Å²) in [6, 6.07) is 13.5. The fourth-order valence-electron chi connectivity index (χ4n) is 2.36. The Kier molecular flexibility index (Phi) is 7.02. The summed E-state index contributed by atoms with van der Waals surface area (Å²) in [5.74, 6) is 0.322. The highest BCUT2D eigenvalue weighted by Crippen LogP contribution is 2.21. The standard InChI is InChI=1S/C20H23ClN2O2/c1-4-5-16-6-8-17(9-7-16)15(3)22-23-20(24)13-25-19-11-10-18(21)12-14(19)2/h6-12H,4-5,13H2,1-3H3,(H,23,24). The number of ether oxygens (including phenoxy) is 1. The molecule has 2 rings (SSSR count). The second kappa shape index (κ2) is 9.23. The van der Waals surface area contributed by atoms with Crippen LogP contribution in [0.25, 0.3) is 0 Å². The minimum absolute atomic E-state index is 0.102. The molecule has 0 aliphatic carbocycles. The molecule has 2 aromatic carbocycles. The van der Waals surface area contributed by atoms with Gasteiger partial charge in [-0.05, 0) is 55.2 Å². The van der Waals surface area contributed by atoms with E-state index in [2.05, 4.69) is 29.6 Å². The number of carbonyl (C=O) groups excluding carboxylic acids is 1. The highest BCUT2D eigenvalue weighted by atomic mass is 35.5. The number of hydrazone groups is 1. The average molecular weight is 359 g/mol. The van der Waals surface area contributed by atoms with Gasteiger partial charge in [0.25, 0.3) is 5.91 Å². The summed E-state index contributed by atoms with van der Waals surface area (Å²) < 4.78 is 5.49. The summed E-state index contributed by atoms with van der Waals surface area (Å²) in [6.45, 7) is 5.79. The van der Waals surface area contributed by atoms with Crippen molar-refractivity contribution in [2.45, 2.75) is 33.6 Å². The van der Waals surface area contributed by atoms with Gasteiger partial charge in [-0.25, -0.2) is 5.43 Å². The van der Waals surface area contributed by atoms with Crippen molar-refractivity contribution in [3.05, 3.63) is 64.2 Å². The van der Waals surface area contributed by atoms with Crippen LogP contribution in [0.5, 0.6) is 5.75 Å². The number of carbonyl (C=O) groups is 1. The van der Waals surface area contributed by atoms with E-state index < -0.39 is 0 Å². The lowest BCUT2D eigenvalue weighted by Crippen LogP contribution is -2.25. The predicted molar refractivity (Wildman–Crippen MR) is 102 cm³/mol. The van der Waals surface area contributed by atoms with Gasteiger partial charge in [-0.1, -0.05) is 49.2 Å². The minimum Gasteiger partial charge on any atom is -0.483 e. The Morgan fingerprint density at radius 1 is 1.20 bits per heavy atom. The van der Waals surface area contributed by atoms with Gasteiger partial charge >= 0.3 is 0 Å². The molecular weight excluding hydrogens is 336 g/mol. The smallest absolute Gasteiger partial charge is 0.277 e. The van der Waals surface area contributed by atoms with Gasteiger partial charge in [-0.2, -0.15) is 5.10 Å². The maximum absolute atomic E-state index is 11.9. The molecule has 0 fully saturated rings. The average Bonchev–Trinajstić information content (AvgIpc) is 2.60. The number of nitrogens with one attached hydrogen (secondary N) is 1. The van der Waals surface area contributed by atoms with E-state index in [9.17, 15) is 4.79 Å². The van der Waals surface area contributed by atoms with Crippen LogP contribution in [-0.4, -0.2) is 18.2 Å². The molecule has 5 heteroatoms. The van der Waals surface area contributed by atoms with E-state index in [1.165, 1.54) is 5.56 Å². The first-order valence-corrected chi connectivity index (χ1v) is 8.68. The summed E-state index contributed by atoms with van der Waals surface area (Å²) in [6.07, 6.45) is 2.18. The molecule has 25 heavy (non-hydrogen) atoms. The first kappa shape index (κ1) is 19.0. The molecule has 2 aromatic rings. The molecule has 0 saturated heterocycles.